The summed E-state index contributed by atoms with van der Waals surface area (Å²) in [6.07, 6.45) is 1.41. The number of hydrogen-bond donors (Lipinski definition) is 1. The molecule has 4 aromatic rings. The van der Waals surface area contributed by atoms with Crippen LogP contribution in [0, 0.1) is 0 Å². The Morgan fingerprint density at radius 3 is 2.69 bits per heavy atom. The number of rotatable bonds is 7. The number of aromatic nitrogens is 2. The molecule has 0 aliphatic heterocycles. The Morgan fingerprint density at radius 1 is 1.22 bits per heavy atom. The lowest BCUT2D eigenvalue weighted by atomic mass is 10.0. The minimum absolute atomic E-state index is 0.0504. The molecule has 0 radical (unpaired) electrons. The van der Waals surface area contributed by atoms with E-state index in [-0.39, 0.29) is 28.8 Å². The Labute approximate surface area is 190 Å². The predicted octanol–water partition coefficient (Wildman–Crippen LogP) is 4.29. The van der Waals surface area contributed by atoms with Crippen molar-refractivity contribution in [1.29, 1.82) is 0 Å². The largest absolute Gasteiger partial charge is 0.462 e. The molecule has 0 unspecified atom stereocenters. The fourth-order valence-corrected chi connectivity index (χ4v) is 4.35. The fourth-order valence-electron chi connectivity index (χ4n) is 2.96. The second-order valence-corrected chi connectivity index (χ2v) is 8.02. The lowest BCUT2D eigenvalue weighted by molar-refractivity contribution is -0.117. The predicted molar refractivity (Wildman–Crippen MR) is 118 cm³/mol. The summed E-state index contributed by atoms with van der Waals surface area (Å²) in [6, 6.07) is 12.2. The number of esters is 1. The van der Waals surface area contributed by atoms with Gasteiger partial charge in [0.05, 0.1) is 12.9 Å². The highest BCUT2D eigenvalue weighted by atomic mass is 35.5. The summed E-state index contributed by atoms with van der Waals surface area (Å²) in [5, 5.41) is 6.80. The molecule has 3 aromatic heterocycles. The molecular formula is C21H16ClN3O6S. The molecule has 0 saturated carbocycles. The number of halogens is 1. The van der Waals surface area contributed by atoms with Crippen molar-refractivity contribution in [3.8, 4) is 22.8 Å². The van der Waals surface area contributed by atoms with Gasteiger partial charge in [-0.2, -0.15) is 4.68 Å². The summed E-state index contributed by atoms with van der Waals surface area (Å²) in [5.41, 5.74) is 1.31. The molecule has 3 heterocycles. The standard InChI is InChI=1S/C21H16ClN3O6S/c1-2-29-20(27)16-15(12-7-4-3-5-8-12)17(22)32-19(16)23-14(26)11-25-21(28)31-18(24-25)13-9-6-10-30-13/h3-10H,2,11H2,1H3,(H,23,26). The lowest BCUT2D eigenvalue weighted by Crippen LogP contribution is -2.26. The molecule has 1 N–H and O–H groups in total. The van der Waals surface area contributed by atoms with Gasteiger partial charge in [-0.3, -0.25) is 4.79 Å². The van der Waals surface area contributed by atoms with E-state index in [0.29, 0.717) is 15.5 Å². The van der Waals surface area contributed by atoms with Crippen LogP contribution in [0.15, 0.2) is 62.4 Å². The van der Waals surface area contributed by atoms with Crippen LogP contribution in [-0.4, -0.2) is 28.3 Å². The van der Waals surface area contributed by atoms with E-state index in [4.69, 9.17) is 25.2 Å². The Morgan fingerprint density at radius 2 is 2.00 bits per heavy atom. The van der Waals surface area contributed by atoms with Gasteiger partial charge in [0.25, 0.3) is 5.89 Å². The number of ether oxygens (including phenoxy) is 1. The molecule has 0 spiro atoms. The summed E-state index contributed by atoms with van der Waals surface area (Å²) in [6.45, 7) is 1.39. The summed E-state index contributed by atoms with van der Waals surface area (Å²) < 4.78 is 16.5. The van der Waals surface area contributed by atoms with Crippen LogP contribution in [0.2, 0.25) is 4.34 Å². The first kappa shape index (κ1) is 21.6. The molecule has 0 bridgehead atoms. The van der Waals surface area contributed by atoms with Gasteiger partial charge in [-0.1, -0.05) is 41.9 Å². The Bertz CT molecular complexity index is 1310. The molecule has 0 fully saturated rings. The Balaban J connectivity index is 1.62. The van der Waals surface area contributed by atoms with Crippen molar-refractivity contribution < 1.29 is 23.2 Å². The number of furan rings is 1. The van der Waals surface area contributed by atoms with Crippen molar-refractivity contribution >= 4 is 39.8 Å². The average molecular weight is 474 g/mol. The van der Waals surface area contributed by atoms with E-state index in [9.17, 15) is 14.4 Å². The zero-order valence-corrected chi connectivity index (χ0v) is 18.2. The second kappa shape index (κ2) is 9.25. The number of thiophene rings is 1. The van der Waals surface area contributed by atoms with Gasteiger partial charge < -0.3 is 18.9 Å². The van der Waals surface area contributed by atoms with Crippen LogP contribution in [0.3, 0.4) is 0 Å². The highest BCUT2D eigenvalue weighted by Crippen LogP contribution is 2.43. The second-order valence-electron chi connectivity index (χ2n) is 6.40. The quantitative estimate of drug-likeness (QED) is 0.398. The van der Waals surface area contributed by atoms with Gasteiger partial charge in [0.2, 0.25) is 5.91 Å². The Hall–Kier alpha value is -3.63. The molecule has 164 valence electrons. The minimum atomic E-state index is -0.827. The van der Waals surface area contributed by atoms with Crippen molar-refractivity contribution in [3.05, 3.63) is 69.2 Å². The van der Waals surface area contributed by atoms with Crippen LogP contribution in [-0.2, 0) is 16.1 Å². The van der Waals surface area contributed by atoms with Gasteiger partial charge >= 0.3 is 11.7 Å². The van der Waals surface area contributed by atoms with Crippen LogP contribution in [0.1, 0.15) is 17.3 Å². The molecule has 32 heavy (non-hydrogen) atoms. The summed E-state index contributed by atoms with van der Waals surface area (Å²) in [5.74, 6) is -1.85. The maximum atomic E-state index is 12.7. The molecule has 1 aromatic carbocycles. The molecular weight excluding hydrogens is 458 g/mol. The molecule has 0 aliphatic rings. The fraction of sp³-hybridized carbons (Fsp3) is 0.143. The third-order valence-electron chi connectivity index (χ3n) is 4.29. The summed E-state index contributed by atoms with van der Waals surface area (Å²) in [4.78, 5) is 37.4. The van der Waals surface area contributed by atoms with Gasteiger partial charge in [-0.15, -0.1) is 16.4 Å². The number of hydrogen-bond acceptors (Lipinski definition) is 8. The van der Waals surface area contributed by atoms with Crippen LogP contribution in [0.4, 0.5) is 5.00 Å². The van der Waals surface area contributed by atoms with Crippen LogP contribution >= 0.6 is 22.9 Å². The highest BCUT2D eigenvalue weighted by Gasteiger charge is 2.27. The van der Waals surface area contributed by atoms with E-state index in [1.165, 1.54) is 6.26 Å². The lowest BCUT2D eigenvalue weighted by Gasteiger charge is -2.08. The highest BCUT2D eigenvalue weighted by molar-refractivity contribution is 7.21. The first-order valence-electron chi connectivity index (χ1n) is 9.44. The zero-order valence-electron chi connectivity index (χ0n) is 16.7. The SMILES string of the molecule is CCOC(=O)c1c(NC(=O)Cn2nc(-c3ccco3)oc2=O)sc(Cl)c1-c1ccccc1. The zero-order chi connectivity index (χ0) is 22.7. The molecule has 0 aliphatic carbocycles. The third-order valence-corrected chi connectivity index (χ3v) is 5.61. The van der Waals surface area contributed by atoms with Crippen LogP contribution in [0.25, 0.3) is 22.8 Å². The number of carbonyl (C=O) groups is 2. The first-order valence-corrected chi connectivity index (χ1v) is 10.6. The maximum absolute atomic E-state index is 12.7. The van der Waals surface area contributed by atoms with Crippen molar-refractivity contribution in [3.63, 3.8) is 0 Å². The van der Waals surface area contributed by atoms with Gasteiger partial charge in [-0.05, 0) is 24.6 Å². The van der Waals surface area contributed by atoms with Gasteiger partial charge in [0.15, 0.2) is 5.76 Å². The van der Waals surface area contributed by atoms with Crippen molar-refractivity contribution in [2.75, 3.05) is 11.9 Å². The number of carbonyl (C=O) groups excluding carboxylic acids is 2. The number of amides is 1. The van der Waals surface area contributed by atoms with Crippen LogP contribution < -0.4 is 11.1 Å². The molecule has 4 rings (SSSR count). The molecule has 1 amide bonds. The van der Waals surface area contributed by atoms with Crippen molar-refractivity contribution in [2.45, 2.75) is 13.5 Å². The molecule has 11 heteroatoms. The normalized spacial score (nSPS) is 10.8. The van der Waals surface area contributed by atoms with E-state index < -0.39 is 24.2 Å². The van der Waals surface area contributed by atoms with Crippen molar-refractivity contribution in [2.24, 2.45) is 0 Å². The van der Waals surface area contributed by atoms with Gasteiger partial charge in [0, 0.05) is 5.56 Å². The summed E-state index contributed by atoms with van der Waals surface area (Å²) in [7, 11) is 0. The monoisotopic (exact) mass is 473 g/mol. The number of benzene rings is 1. The van der Waals surface area contributed by atoms with E-state index in [0.717, 1.165) is 16.0 Å². The number of nitrogens with one attached hydrogen (secondary N) is 1. The maximum Gasteiger partial charge on any atom is 0.437 e. The number of anilines is 1. The smallest absolute Gasteiger partial charge is 0.437 e. The van der Waals surface area contributed by atoms with Crippen LogP contribution in [0.5, 0.6) is 0 Å². The van der Waals surface area contributed by atoms with E-state index in [1.807, 2.05) is 18.2 Å². The average Bonchev–Trinajstić information content (AvgIpc) is 3.49. The summed E-state index contributed by atoms with van der Waals surface area (Å²) >= 11 is 7.45. The van der Waals surface area contributed by atoms with E-state index in [2.05, 4.69) is 10.4 Å². The van der Waals surface area contributed by atoms with E-state index in [1.54, 1.807) is 31.2 Å². The van der Waals surface area contributed by atoms with Crippen molar-refractivity contribution in [1.82, 2.24) is 9.78 Å². The Kier molecular flexibility index (Phi) is 6.24. The van der Waals surface area contributed by atoms with Gasteiger partial charge in [-0.25, -0.2) is 9.59 Å². The molecule has 9 nitrogen and oxygen atoms in total. The molecule has 0 atom stereocenters. The van der Waals surface area contributed by atoms with E-state index >= 15 is 0 Å². The third kappa shape index (κ3) is 4.36. The van der Waals surface area contributed by atoms with Gasteiger partial charge in [0.1, 0.15) is 21.4 Å². The first-order chi connectivity index (χ1) is 15.5. The number of nitrogens with zero attached hydrogens (tertiary/aromatic N) is 2. The topological polar surface area (TPSA) is 117 Å². The molecule has 0 saturated heterocycles. The minimum Gasteiger partial charge on any atom is -0.462 e.